The zero-order chi connectivity index (χ0) is 10.5. The van der Waals surface area contributed by atoms with Crippen molar-refractivity contribution in [1.82, 2.24) is 9.55 Å². The van der Waals surface area contributed by atoms with Crippen molar-refractivity contribution in [1.29, 1.82) is 0 Å². The molecule has 0 saturated heterocycles. The highest BCUT2D eigenvalue weighted by Gasteiger charge is 1.94. The molecule has 0 amide bonds. The van der Waals surface area contributed by atoms with Crippen LogP contribution in [-0.4, -0.2) is 21.1 Å². The maximum atomic E-state index is 4.66. The Morgan fingerprint density at radius 3 is 2.67 bits per heavy atom. The molecule has 0 saturated carbocycles. The fourth-order valence-corrected chi connectivity index (χ4v) is 1.30. The van der Waals surface area contributed by atoms with Gasteiger partial charge in [-0.1, -0.05) is 12.2 Å². The molecule has 0 aliphatic heterocycles. The van der Waals surface area contributed by atoms with Gasteiger partial charge in [-0.2, -0.15) is 0 Å². The lowest BCUT2D eigenvalue weighted by molar-refractivity contribution is 1.06. The molecule has 0 unspecified atom stereocenters. The summed E-state index contributed by atoms with van der Waals surface area (Å²) in [6.45, 7) is 0. The van der Waals surface area contributed by atoms with E-state index >= 15 is 0 Å². The molecule has 3 nitrogen and oxygen atoms in total. The summed E-state index contributed by atoms with van der Waals surface area (Å²) < 4.78 is 1.94. The molecule has 0 atom stereocenters. The minimum Gasteiger partial charge on any atom is -0.306 e. The van der Waals surface area contributed by atoms with Gasteiger partial charge in [0.1, 0.15) is 0 Å². The summed E-state index contributed by atoms with van der Waals surface area (Å²) in [5.41, 5.74) is 1.95. The van der Waals surface area contributed by atoms with Crippen LogP contribution in [0.25, 0.3) is 5.69 Å². The average Bonchev–Trinajstić information content (AvgIpc) is 2.80. The van der Waals surface area contributed by atoms with E-state index in [9.17, 15) is 0 Å². The van der Waals surface area contributed by atoms with Crippen molar-refractivity contribution in [3.63, 3.8) is 0 Å². The second-order valence-electron chi connectivity index (χ2n) is 2.90. The Morgan fingerprint density at radius 1 is 1.27 bits per heavy atom. The van der Waals surface area contributed by atoms with Crippen LogP contribution in [0.15, 0.2) is 48.0 Å². The molecule has 1 aromatic carbocycles. The first-order valence-electron chi connectivity index (χ1n) is 4.46. The van der Waals surface area contributed by atoms with E-state index in [-0.39, 0.29) is 0 Å². The molecular weight excluding hydrogens is 206 g/mol. The third-order valence-corrected chi connectivity index (χ3v) is 2.06. The van der Waals surface area contributed by atoms with Gasteiger partial charge in [-0.05, 0) is 24.3 Å². The second kappa shape index (κ2) is 4.61. The number of aromatic nitrogens is 2. The van der Waals surface area contributed by atoms with Crippen molar-refractivity contribution in [3.05, 3.63) is 43.0 Å². The molecule has 4 heteroatoms. The molecule has 0 spiro atoms. The predicted octanol–water partition coefficient (Wildman–Crippen LogP) is 2.57. The maximum Gasteiger partial charge on any atom is 0.0991 e. The number of thiocarbonyl (C=S) groups is 1. The van der Waals surface area contributed by atoms with Gasteiger partial charge < -0.3 is 4.57 Å². The monoisotopic (exact) mass is 215 g/mol. The van der Waals surface area contributed by atoms with E-state index in [4.69, 9.17) is 0 Å². The normalized spacial score (nSPS) is 10.7. The lowest BCUT2D eigenvalue weighted by Gasteiger charge is -2.01. The number of rotatable bonds is 3. The first kappa shape index (κ1) is 9.73. The highest BCUT2D eigenvalue weighted by molar-refractivity contribution is 7.80. The number of aliphatic imine (C=N–C) groups is 1. The van der Waals surface area contributed by atoms with Gasteiger partial charge in [-0.25, -0.2) is 4.98 Å². The fraction of sp³-hybridized carbons (Fsp3) is 0. The molecule has 74 valence electrons. The molecule has 0 aliphatic rings. The molecule has 1 heterocycles. The summed E-state index contributed by atoms with van der Waals surface area (Å²) in [6, 6.07) is 7.84. The Labute approximate surface area is 93.1 Å². The van der Waals surface area contributed by atoms with Crippen LogP contribution in [0.3, 0.4) is 0 Å². The van der Waals surface area contributed by atoms with Crippen LogP contribution >= 0.6 is 12.2 Å². The molecule has 2 rings (SSSR count). The van der Waals surface area contributed by atoms with Crippen LogP contribution in [0, 0.1) is 0 Å². The topological polar surface area (TPSA) is 30.2 Å². The summed E-state index contributed by atoms with van der Waals surface area (Å²) in [6.07, 6.45) is 7.00. The zero-order valence-electron chi connectivity index (χ0n) is 7.95. The molecule has 15 heavy (non-hydrogen) atoms. The summed E-state index contributed by atoms with van der Waals surface area (Å²) in [4.78, 5) is 8.12. The van der Waals surface area contributed by atoms with Crippen LogP contribution < -0.4 is 0 Å². The third-order valence-electron chi connectivity index (χ3n) is 1.94. The maximum absolute atomic E-state index is 4.66. The first-order chi connectivity index (χ1) is 7.40. The fourth-order valence-electron chi connectivity index (χ4n) is 1.24. The molecular formula is C11H9N3S. The molecule has 0 bridgehead atoms. The van der Waals surface area contributed by atoms with Gasteiger partial charge in [0.2, 0.25) is 0 Å². The predicted molar refractivity (Wildman–Crippen MR) is 65.4 cm³/mol. The molecule has 2 aromatic rings. The molecule has 0 fully saturated rings. The van der Waals surface area contributed by atoms with Gasteiger partial charge in [0.25, 0.3) is 0 Å². The number of nitrogens with zero attached hydrogens (tertiary/aromatic N) is 3. The minimum absolute atomic E-state index is 0.889. The largest absolute Gasteiger partial charge is 0.306 e. The summed E-state index contributed by atoms with van der Waals surface area (Å²) >= 11 is 4.66. The van der Waals surface area contributed by atoms with Gasteiger partial charge in [0.05, 0.1) is 12.0 Å². The molecule has 1 aromatic heterocycles. The van der Waals surface area contributed by atoms with Crippen molar-refractivity contribution in [2.75, 3.05) is 0 Å². The highest BCUT2D eigenvalue weighted by Crippen LogP contribution is 2.14. The Balaban J connectivity index is 2.24. The van der Waals surface area contributed by atoms with Crippen LogP contribution in [0.2, 0.25) is 0 Å². The summed E-state index contributed by atoms with van der Waals surface area (Å²) in [5, 5.41) is 1.49. The quantitative estimate of drug-likeness (QED) is 0.582. The van der Waals surface area contributed by atoms with Gasteiger partial charge in [-0.15, -0.1) is 0 Å². The zero-order valence-corrected chi connectivity index (χ0v) is 8.76. The smallest absolute Gasteiger partial charge is 0.0991 e. The Morgan fingerprint density at radius 2 is 2.07 bits per heavy atom. The summed E-state index contributed by atoms with van der Waals surface area (Å²) in [7, 11) is 0. The lowest BCUT2D eigenvalue weighted by Crippen LogP contribution is -1.87. The van der Waals surface area contributed by atoms with Crippen LogP contribution in [0.1, 0.15) is 0 Å². The van der Waals surface area contributed by atoms with Crippen molar-refractivity contribution < 1.29 is 0 Å². The Bertz CT molecular complexity index is 457. The van der Waals surface area contributed by atoms with Crippen molar-refractivity contribution in [2.45, 2.75) is 0 Å². The van der Waals surface area contributed by atoms with Crippen molar-refractivity contribution >= 4 is 29.5 Å². The van der Waals surface area contributed by atoms with E-state index in [0.29, 0.717) is 0 Å². The number of hydrogen-bond donors (Lipinski definition) is 0. The van der Waals surface area contributed by atoms with Crippen LogP contribution in [-0.2, 0) is 0 Å². The Kier molecular flexibility index (Phi) is 2.99. The first-order valence-corrected chi connectivity index (χ1v) is 4.93. The van der Waals surface area contributed by atoms with Crippen LogP contribution in [0.5, 0.6) is 0 Å². The van der Waals surface area contributed by atoms with Gasteiger partial charge in [-0.3, -0.25) is 4.99 Å². The van der Waals surface area contributed by atoms with Gasteiger partial charge in [0.15, 0.2) is 0 Å². The third kappa shape index (κ3) is 2.35. The van der Waals surface area contributed by atoms with E-state index in [0.717, 1.165) is 11.4 Å². The number of hydrogen-bond acceptors (Lipinski definition) is 3. The number of imidazole rings is 1. The Hall–Kier alpha value is -1.81. The van der Waals surface area contributed by atoms with Crippen molar-refractivity contribution in [3.8, 4) is 5.69 Å². The van der Waals surface area contributed by atoms with E-state index in [1.54, 1.807) is 18.7 Å². The minimum atomic E-state index is 0.889. The van der Waals surface area contributed by atoms with Gasteiger partial charge >= 0.3 is 0 Å². The lowest BCUT2D eigenvalue weighted by atomic mass is 10.3. The van der Waals surface area contributed by atoms with Crippen molar-refractivity contribution in [2.24, 2.45) is 4.99 Å². The number of benzene rings is 1. The standard InChI is InChI=1S/C11H9N3S/c15-8-6-13-10-1-3-11(4-2-10)14-7-5-12-9-14/h1-9H. The van der Waals surface area contributed by atoms with Gasteiger partial charge in [0, 0.05) is 29.7 Å². The average molecular weight is 215 g/mol. The van der Waals surface area contributed by atoms with Crippen LogP contribution in [0.4, 0.5) is 5.69 Å². The molecule has 0 N–H and O–H groups in total. The molecule has 0 aliphatic carbocycles. The van der Waals surface area contributed by atoms with E-state index in [1.807, 2.05) is 35.0 Å². The summed E-state index contributed by atoms with van der Waals surface area (Å²) in [5.74, 6) is 0. The SMILES string of the molecule is S=CC=Nc1ccc(-n2ccnc2)cc1. The van der Waals surface area contributed by atoms with E-state index < -0.39 is 0 Å². The second-order valence-corrected chi connectivity index (χ2v) is 3.17. The molecule has 0 radical (unpaired) electrons. The van der Waals surface area contributed by atoms with E-state index in [1.165, 1.54) is 5.37 Å². The van der Waals surface area contributed by atoms with E-state index in [2.05, 4.69) is 22.2 Å². The highest BCUT2D eigenvalue weighted by atomic mass is 32.1.